The van der Waals surface area contributed by atoms with Crippen molar-refractivity contribution in [2.75, 3.05) is 18.7 Å². The smallest absolute Gasteiger partial charge is 0.259 e. The van der Waals surface area contributed by atoms with E-state index in [2.05, 4.69) is 15.8 Å². The number of carbonyl (C=O) groups is 1. The Hall–Kier alpha value is -3.28. The zero-order chi connectivity index (χ0) is 18.4. The maximum atomic E-state index is 11.9. The van der Waals surface area contributed by atoms with Gasteiger partial charge in [-0.2, -0.15) is 5.10 Å². The number of fused-ring (bicyclic) bond motifs is 1. The molecule has 26 heavy (non-hydrogen) atoms. The maximum absolute atomic E-state index is 11.9. The summed E-state index contributed by atoms with van der Waals surface area (Å²) < 4.78 is 10.6. The molecule has 1 amide bonds. The fraction of sp³-hybridized carbons (Fsp3) is 0.200. The van der Waals surface area contributed by atoms with Crippen LogP contribution in [0.2, 0.25) is 0 Å². The number of nitrogens with one attached hydrogen (secondary N) is 2. The van der Waals surface area contributed by atoms with Gasteiger partial charge in [0.05, 0.1) is 12.3 Å². The molecule has 0 atom stereocenters. The van der Waals surface area contributed by atoms with E-state index in [1.165, 1.54) is 0 Å². The zero-order valence-electron chi connectivity index (χ0n) is 14.8. The molecule has 6 nitrogen and oxygen atoms in total. The van der Waals surface area contributed by atoms with E-state index in [4.69, 9.17) is 9.47 Å². The Kier molecular flexibility index (Phi) is 5.53. The molecule has 0 spiro atoms. The molecule has 1 aliphatic heterocycles. The number of carbonyl (C=O) groups excluding carboxylic acids is 1. The van der Waals surface area contributed by atoms with E-state index in [1.807, 2.05) is 68.5 Å². The Morgan fingerprint density at radius 1 is 1.19 bits per heavy atom. The molecule has 0 unspecified atom stereocenters. The Morgan fingerprint density at radius 2 is 2.00 bits per heavy atom. The van der Waals surface area contributed by atoms with E-state index in [0.717, 1.165) is 28.3 Å². The first-order chi connectivity index (χ1) is 12.6. The first-order valence-electron chi connectivity index (χ1n) is 8.32. The lowest BCUT2D eigenvalue weighted by molar-refractivity contribution is -0.119. The van der Waals surface area contributed by atoms with Crippen LogP contribution in [0.3, 0.4) is 0 Å². The van der Waals surface area contributed by atoms with Gasteiger partial charge >= 0.3 is 0 Å². The highest BCUT2D eigenvalue weighted by molar-refractivity contribution is 5.97. The number of allylic oxidation sites excluding steroid dienone is 1. The van der Waals surface area contributed by atoms with Crippen LogP contribution in [0.25, 0.3) is 6.08 Å². The summed E-state index contributed by atoms with van der Waals surface area (Å²) in [6, 6.07) is 13.5. The van der Waals surface area contributed by atoms with Gasteiger partial charge in [-0.05, 0) is 49.2 Å². The number of hydrogen-bond acceptors (Lipinski definition) is 5. The third kappa shape index (κ3) is 4.63. The van der Waals surface area contributed by atoms with Gasteiger partial charge in [0, 0.05) is 5.69 Å². The van der Waals surface area contributed by atoms with Gasteiger partial charge in [0.1, 0.15) is 0 Å². The summed E-state index contributed by atoms with van der Waals surface area (Å²) in [6.45, 7) is 4.22. The molecule has 6 heteroatoms. The number of hydrogen-bond donors (Lipinski definition) is 2. The molecular weight excluding hydrogens is 330 g/mol. The van der Waals surface area contributed by atoms with Crippen LogP contribution >= 0.6 is 0 Å². The fourth-order valence-corrected chi connectivity index (χ4v) is 2.41. The molecule has 2 aromatic rings. The lowest BCUT2D eigenvalue weighted by Gasteiger charge is -2.08. The van der Waals surface area contributed by atoms with Gasteiger partial charge in [-0.3, -0.25) is 4.79 Å². The first-order valence-corrected chi connectivity index (χ1v) is 8.32. The minimum absolute atomic E-state index is 0.160. The van der Waals surface area contributed by atoms with E-state index in [1.54, 1.807) is 0 Å². The summed E-state index contributed by atoms with van der Waals surface area (Å²) in [5.74, 6) is 1.28. The molecule has 2 aromatic carbocycles. The van der Waals surface area contributed by atoms with E-state index >= 15 is 0 Å². The Balaban J connectivity index is 1.50. The number of para-hydroxylation sites is 1. The van der Waals surface area contributed by atoms with Gasteiger partial charge in [0.15, 0.2) is 11.5 Å². The second-order valence-electron chi connectivity index (χ2n) is 5.90. The van der Waals surface area contributed by atoms with Crippen molar-refractivity contribution in [3.8, 4) is 11.5 Å². The number of amides is 1. The summed E-state index contributed by atoms with van der Waals surface area (Å²) in [5.41, 5.74) is 6.22. The van der Waals surface area contributed by atoms with Crippen LogP contribution in [0.15, 0.2) is 53.6 Å². The number of anilines is 1. The number of nitrogens with zero attached hydrogens (tertiary/aromatic N) is 1. The minimum atomic E-state index is -0.205. The average Bonchev–Trinajstić information content (AvgIpc) is 3.12. The molecular formula is C20H21N3O3. The first kappa shape index (κ1) is 17.5. The third-order valence-corrected chi connectivity index (χ3v) is 3.86. The molecule has 134 valence electrons. The van der Waals surface area contributed by atoms with Gasteiger partial charge in [-0.15, -0.1) is 0 Å². The van der Waals surface area contributed by atoms with E-state index in [9.17, 15) is 4.79 Å². The summed E-state index contributed by atoms with van der Waals surface area (Å²) in [5, 5.41) is 7.17. The van der Waals surface area contributed by atoms with Gasteiger partial charge in [0.2, 0.25) is 6.79 Å². The Labute approximate surface area is 152 Å². The Morgan fingerprint density at radius 3 is 2.85 bits per heavy atom. The number of benzene rings is 2. The van der Waals surface area contributed by atoms with Crippen LogP contribution in [0, 0.1) is 6.92 Å². The highest BCUT2D eigenvalue weighted by Crippen LogP contribution is 2.32. The number of ether oxygens (including phenoxy) is 2. The van der Waals surface area contributed by atoms with Crippen molar-refractivity contribution in [1.29, 1.82) is 0 Å². The highest BCUT2D eigenvalue weighted by Gasteiger charge is 2.12. The van der Waals surface area contributed by atoms with Crippen molar-refractivity contribution in [1.82, 2.24) is 5.43 Å². The lowest BCUT2D eigenvalue weighted by Crippen LogP contribution is -2.26. The van der Waals surface area contributed by atoms with Crippen LogP contribution in [0.5, 0.6) is 11.5 Å². The third-order valence-electron chi connectivity index (χ3n) is 3.86. The predicted octanol–water partition coefficient (Wildman–Crippen LogP) is 3.34. The van der Waals surface area contributed by atoms with E-state index in [0.29, 0.717) is 5.71 Å². The molecule has 0 aliphatic carbocycles. The minimum Gasteiger partial charge on any atom is -0.454 e. The van der Waals surface area contributed by atoms with Gasteiger partial charge < -0.3 is 14.8 Å². The van der Waals surface area contributed by atoms with Crippen LogP contribution in [-0.4, -0.2) is 25.0 Å². The van der Waals surface area contributed by atoms with Crippen LogP contribution in [-0.2, 0) is 4.79 Å². The standard InChI is InChI=1S/C20H21N3O3/c1-14-5-3-4-6-17(14)21-12-20(24)23-22-15(2)7-8-16-9-10-18-19(11-16)26-13-25-18/h3-11,21H,12-13H2,1-2H3,(H,23,24)/b8-7+,22-15-. The lowest BCUT2D eigenvalue weighted by atomic mass is 10.2. The normalized spacial score (nSPS) is 13.1. The van der Waals surface area contributed by atoms with Crippen molar-refractivity contribution in [2.24, 2.45) is 5.10 Å². The second kappa shape index (κ2) is 8.20. The number of aryl methyl sites for hydroxylation is 1. The molecule has 1 aliphatic rings. The number of rotatable bonds is 6. The molecule has 0 bridgehead atoms. The van der Waals surface area contributed by atoms with E-state index < -0.39 is 0 Å². The summed E-state index contributed by atoms with van der Waals surface area (Å²) in [6.07, 6.45) is 3.73. The molecule has 2 N–H and O–H groups in total. The summed E-state index contributed by atoms with van der Waals surface area (Å²) in [4.78, 5) is 11.9. The van der Waals surface area contributed by atoms with Crippen molar-refractivity contribution in [3.63, 3.8) is 0 Å². The topological polar surface area (TPSA) is 72.0 Å². The SMILES string of the molecule is CC(/C=C/c1ccc2c(c1)OCO2)=N/NC(=O)CNc1ccccc1C. The van der Waals surface area contributed by atoms with Gasteiger partial charge in [-0.25, -0.2) is 5.43 Å². The molecule has 1 heterocycles. The van der Waals surface area contributed by atoms with Crippen molar-refractivity contribution < 1.29 is 14.3 Å². The van der Waals surface area contributed by atoms with Crippen LogP contribution in [0.4, 0.5) is 5.69 Å². The van der Waals surface area contributed by atoms with Crippen LogP contribution < -0.4 is 20.2 Å². The zero-order valence-corrected chi connectivity index (χ0v) is 14.8. The molecule has 0 saturated carbocycles. The average molecular weight is 351 g/mol. The molecule has 0 aromatic heterocycles. The summed E-state index contributed by atoms with van der Waals surface area (Å²) >= 11 is 0. The molecule has 0 fully saturated rings. The largest absolute Gasteiger partial charge is 0.454 e. The second-order valence-corrected chi connectivity index (χ2v) is 5.90. The van der Waals surface area contributed by atoms with Gasteiger partial charge in [-0.1, -0.05) is 30.3 Å². The quantitative estimate of drug-likeness (QED) is 0.618. The number of hydrazone groups is 1. The van der Waals surface area contributed by atoms with Crippen LogP contribution in [0.1, 0.15) is 18.1 Å². The molecule has 3 rings (SSSR count). The van der Waals surface area contributed by atoms with Crippen molar-refractivity contribution in [2.45, 2.75) is 13.8 Å². The highest BCUT2D eigenvalue weighted by atomic mass is 16.7. The predicted molar refractivity (Wildman–Crippen MR) is 103 cm³/mol. The fourth-order valence-electron chi connectivity index (χ4n) is 2.41. The Bertz CT molecular complexity index is 859. The monoisotopic (exact) mass is 351 g/mol. The van der Waals surface area contributed by atoms with Crippen molar-refractivity contribution >= 4 is 23.4 Å². The van der Waals surface area contributed by atoms with Crippen molar-refractivity contribution in [3.05, 3.63) is 59.7 Å². The van der Waals surface area contributed by atoms with Gasteiger partial charge in [0.25, 0.3) is 5.91 Å². The maximum Gasteiger partial charge on any atom is 0.259 e. The molecule has 0 radical (unpaired) electrons. The van der Waals surface area contributed by atoms with E-state index in [-0.39, 0.29) is 19.2 Å². The summed E-state index contributed by atoms with van der Waals surface area (Å²) in [7, 11) is 0. The molecule has 0 saturated heterocycles.